The second-order valence-corrected chi connectivity index (χ2v) is 3.23. The molecule has 0 aliphatic heterocycles. The maximum Gasteiger partial charge on any atom is 0.417 e. The van der Waals surface area contributed by atoms with Crippen LogP contribution in [0.1, 0.15) is 11.3 Å². The van der Waals surface area contributed by atoms with Gasteiger partial charge in [0.05, 0.1) is 29.9 Å². The van der Waals surface area contributed by atoms with Crippen molar-refractivity contribution in [2.24, 2.45) is 0 Å². The molecule has 3 nitrogen and oxygen atoms in total. The lowest BCUT2D eigenvalue weighted by molar-refractivity contribution is -0.137. The molecule has 0 aromatic carbocycles. The zero-order chi connectivity index (χ0) is 11.8. The summed E-state index contributed by atoms with van der Waals surface area (Å²) in [4.78, 5) is 3.90. The van der Waals surface area contributed by atoms with Crippen LogP contribution in [0.2, 0.25) is 0 Å². The molecule has 0 saturated heterocycles. The molecule has 2 heterocycles. The molecule has 0 fully saturated rings. The number of nitriles is 1. The number of halogens is 3. The van der Waals surface area contributed by atoms with Crippen LogP contribution in [-0.2, 0) is 12.6 Å². The summed E-state index contributed by atoms with van der Waals surface area (Å²) < 4.78 is 38.6. The summed E-state index contributed by atoms with van der Waals surface area (Å²) in [6.45, 7) is 0. The Labute approximate surface area is 88.8 Å². The molecule has 0 N–H and O–H groups in total. The second kappa shape index (κ2) is 3.52. The van der Waals surface area contributed by atoms with Crippen LogP contribution in [-0.4, -0.2) is 9.38 Å². The topological polar surface area (TPSA) is 41.1 Å². The van der Waals surface area contributed by atoms with Gasteiger partial charge in [-0.1, -0.05) is 0 Å². The molecule has 0 unspecified atom stereocenters. The van der Waals surface area contributed by atoms with Gasteiger partial charge < -0.3 is 4.40 Å². The number of alkyl halides is 3. The van der Waals surface area contributed by atoms with Gasteiger partial charge in [0.25, 0.3) is 0 Å². The van der Waals surface area contributed by atoms with Crippen molar-refractivity contribution < 1.29 is 13.2 Å². The van der Waals surface area contributed by atoms with E-state index in [0.29, 0.717) is 11.3 Å². The fourth-order valence-electron chi connectivity index (χ4n) is 1.41. The SMILES string of the molecule is N#CCc1cnc2ccc(C(F)(F)F)cn12. The van der Waals surface area contributed by atoms with Gasteiger partial charge in [-0.05, 0) is 12.1 Å². The average molecular weight is 225 g/mol. The van der Waals surface area contributed by atoms with E-state index in [9.17, 15) is 13.2 Å². The maximum atomic E-state index is 12.4. The molecule has 0 aliphatic rings. The zero-order valence-electron chi connectivity index (χ0n) is 7.99. The van der Waals surface area contributed by atoms with E-state index in [1.165, 1.54) is 16.7 Å². The van der Waals surface area contributed by atoms with Crippen LogP contribution in [0.3, 0.4) is 0 Å². The lowest BCUT2D eigenvalue weighted by atomic mass is 10.2. The summed E-state index contributed by atoms with van der Waals surface area (Å²) in [5.41, 5.74) is 0.0963. The maximum absolute atomic E-state index is 12.4. The highest BCUT2D eigenvalue weighted by atomic mass is 19.4. The lowest BCUT2D eigenvalue weighted by Crippen LogP contribution is -2.06. The van der Waals surface area contributed by atoms with Gasteiger partial charge in [0.1, 0.15) is 5.65 Å². The van der Waals surface area contributed by atoms with E-state index < -0.39 is 11.7 Å². The molecule has 2 aromatic rings. The fourth-order valence-corrected chi connectivity index (χ4v) is 1.41. The van der Waals surface area contributed by atoms with E-state index >= 15 is 0 Å². The third kappa shape index (κ3) is 1.72. The molecule has 6 heteroatoms. The van der Waals surface area contributed by atoms with E-state index in [1.807, 2.05) is 6.07 Å². The molecule has 2 aromatic heterocycles. The molecule has 0 atom stereocenters. The number of nitrogens with zero attached hydrogens (tertiary/aromatic N) is 3. The smallest absolute Gasteiger partial charge is 0.302 e. The Hall–Kier alpha value is -2.03. The largest absolute Gasteiger partial charge is 0.417 e. The number of aromatic nitrogens is 2. The number of hydrogen-bond donors (Lipinski definition) is 0. The minimum Gasteiger partial charge on any atom is -0.302 e. The van der Waals surface area contributed by atoms with Crippen molar-refractivity contribution in [2.75, 3.05) is 0 Å². The van der Waals surface area contributed by atoms with Crippen LogP contribution in [0, 0.1) is 11.3 Å². The summed E-state index contributed by atoms with van der Waals surface area (Å²) in [5.74, 6) is 0. The van der Waals surface area contributed by atoms with Gasteiger partial charge in [0, 0.05) is 6.20 Å². The van der Waals surface area contributed by atoms with Crippen LogP contribution in [0.25, 0.3) is 5.65 Å². The highest BCUT2D eigenvalue weighted by Gasteiger charge is 2.30. The molecule has 0 amide bonds. The molecule has 0 bridgehead atoms. The molecule has 82 valence electrons. The van der Waals surface area contributed by atoms with Gasteiger partial charge in [-0.15, -0.1) is 0 Å². The fraction of sp³-hybridized carbons (Fsp3) is 0.200. The van der Waals surface area contributed by atoms with Crippen molar-refractivity contribution in [3.63, 3.8) is 0 Å². The summed E-state index contributed by atoms with van der Waals surface area (Å²) >= 11 is 0. The summed E-state index contributed by atoms with van der Waals surface area (Å²) in [6.07, 6.45) is -2.00. The van der Waals surface area contributed by atoms with Gasteiger partial charge >= 0.3 is 6.18 Å². The van der Waals surface area contributed by atoms with Gasteiger partial charge in [0.2, 0.25) is 0 Å². The Bertz CT molecular complexity index is 563. The minimum absolute atomic E-state index is 0.0302. The number of rotatable bonds is 1. The Morgan fingerprint density at radius 2 is 2.12 bits per heavy atom. The Kier molecular flexibility index (Phi) is 2.31. The summed E-state index contributed by atoms with van der Waals surface area (Å²) in [5, 5.41) is 8.51. The van der Waals surface area contributed by atoms with E-state index in [4.69, 9.17) is 5.26 Å². The van der Waals surface area contributed by atoms with E-state index in [-0.39, 0.29) is 6.42 Å². The van der Waals surface area contributed by atoms with Crippen molar-refractivity contribution >= 4 is 5.65 Å². The van der Waals surface area contributed by atoms with Crippen LogP contribution in [0.4, 0.5) is 13.2 Å². The third-order valence-electron chi connectivity index (χ3n) is 2.17. The first-order valence-electron chi connectivity index (χ1n) is 4.42. The van der Waals surface area contributed by atoms with Crippen molar-refractivity contribution in [3.05, 3.63) is 35.8 Å². The highest BCUT2D eigenvalue weighted by molar-refractivity contribution is 5.42. The van der Waals surface area contributed by atoms with Crippen molar-refractivity contribution in [1.82, 2.24) is 9.38 Å². The molecule has 2 rings (SSSR count). The Balaban J connectivity index is 2.60. The van der Waals surface area contributed by atoms with Crippen LogP contribution in [0.5, 0.6) is 0 Å². The minimum atomic E-state index is -4.39. The number of pyridine rings is 1. The average Bonchev–Trinajstić information content (AvgIpc) is 2.60. The molecular weight excluding hydrogens is 219 g/mol. The second-order valence-electron chi connectivity index (χ2n) is 3.23. The lowest BCUT2D eigenvalue weighted by Gasteiger charge is -2.07. The molecule has 16 heavy (non-hydrogen) atoms. The Morgan fingerprint density at radius 3 is 2.75 bits per heavy atom. The monoisotopic (exact) mass is 225 g/mol. The molecule has 0 radical (unpaired) electrons. The number of hydrogen-bond acceptors (Lipinski definition) is 2. The van der Waals surface area contributed by atoms with Gasteiger partial charge in [-0.3, -0.25) is 0 Å². The first-order chi connectivity index (χ1) is 7.52. The van der Waals surface area contributed by atoms with Crippen LogP contribution < -0.4 is 0 Å². The summed E-state index contributed by atoms with van der Waals surface area (Å²) in [6, 6.07) is 4.13. The standard InChI is InChI=1S/C10H6F3N3/c11-10(12,13)7-1-2-9-15-5-8(3-4-14)16(9)6-7/h1-2,5-6H,3H2. The first-order valence-corrected chi connectivity index (χ1v) is 4.42. The normalized spacial score (nSPS) is 11.6. The highest BCUT2D eigenvalue weighted by Crippen LogP contribution is 2.29. The molecule has 0 spiro atoms. The van der Waals surface area contributed by atoms with Gasteiger partial charge in [0.15, 0.2) is 0 Å². The third-order valence-corrected chi connectivity index (χ3v) is 2.17. The first kappa shape index (κ1) is 10.5. The van der Waals surface area contributed by atoms with E-state index in [1.54, 1.807) is 0 Å². The zero-order valence-corrected chi connectivity index (χ0v) is 7.99. The summed E-state index contributed by atoms with van der Waals surface area (Å²) in [7, 11) is 0. The van der Waals surface area contributed by atoms with Crippen molar-refractivity contribution in [1.29, 1.82) is 5.26 Å². The molecule has 0 aliphatic carbocycles. The van der Waals surface area contributed by atoms with Gasteiger partial charge in [-0.2, -0.15) is 18.4 Å². The van der Waals surface area contributed by atoms with E-state index in [0.717, 1.165) is 12.3 Å². The Morgan fingerprint density at radius 1 is 1.38 bits per heavy atom. The predicted molar refractivity (Wildman–Crippen MR) is 49.5 cm³/mol. The van der Waals surface area contributed by atoms with Crippen LogP contribution >= 0.6 is 0 Å². The molecular formula is C10H6F3N3. The number of fused-ring (bicyclic) bond motifs is 1. The van der Waals surface area contributed by atoms with E-state index in [2.05, 4.69) is 4.98 Å². The number of imidazole rings is 1. The van der Waals surface area contributed by atoms with Gasteiger partial charge in [-0.25, -0.2) is 4.98 Å². The van der Waals surface area contributed by atoms with Crippen molar-refractivity contribution in [2.45, 2.75) is 12.6 Å². The quantitative estimate of drug-likeness (QED) is 0.747. The van der Waals surface area contributed by atoms with Crippen LogP contribution in [0.15, 0.2) is 24.5 Å². The molecule has 0 saturated carbocycles. The predicted octanol–water partition coefficient (Wildman–Crippen LogP) is 2.42. The van der Waals surface area contributed by atoms with Crippen molar-refractivity contribution in [3.8, 4) is 6.07 Å².